The molecule has 1 aromatic carbocycles. The zero-order valence-corrected chi connectivity index (χ0v) is 9.40. The second kappa shape index (κ2) is 6.36. The number of rotatable bonds is 6. The van der Waals surface area contributed by atoms with Gasteiger partial charge in [0.05, 0.1) is 0 Å². The number of hydrogen-bond acceptors (Lipinski definition) is 2. The van der Waals surface area contributed by atoms with E-state index in [0.717, 1.165) is 18.4 Å². The van der Waals surface area contributed by atoms with Gasteiger partial charge in [0, 0.05) is 13.0 Å². The fraction of sp³-hybridized carbons (Fsp3) is 0.462. The van der Waals surface area contributed by atoms with Crippen molar-refractivity contribution in [2.24, 2.45) is 0 Å². The molecule has 0 aliphatic rings. The van der Waals surface area contributed by atoms with Crippen molar-refractivity contribution in [3.63, 3.8) is 0 Å². The first kappa shape index (κ1) is 11.9. The van der Waals surface area contributed by atoms with Crippen molar-refractivity contribution < 1.29 is 9.53 Å². The fourth-order valence-corrected chi connectivity index (χ4v) is 1.73. The van der Waals surface area contributed by atoms with E-state index in [-0.39, 0.29) is 18.3 Å². The van der Waals surface area contributed by atoms with Crippen LogP contribution in [0.25, 0.3) is 0 Å². The summed E-state index contributed by atoms with van der Waals surface area (Å²) in [5, 5.41) is 0. The van der Waals surface area contributed by atoms with Crippen LogP contribution in [0.5, 0.6) is 0 Å². The van der Waals surface area contributed by atoms with Crippen LogP contribution in [0, 0.1) is 0 Å². The molecule has 0 bridgehead atoms. The average molecular weight is 206 g/mol. The number of Topliss-reactive ketones (excluding diaryl/α,β-unsaturated/α-hetero) is 1. The van der Waals surface area contributed by atoms with Gasteiger partial charge in [0.1, 0.15) is 6.61 Å². The molecule has 0 radical (unpaired) electrons. The fourth-order valence-electron chi connectivity index (χ4n) is 1.73. The third-order valence-electron chi connectivity index (χ3n) is 2.45. The standard InChI is InChI=1S/C13H18O2/c1-3-7-12(13(14)10-15-2)11-8-5-4-6-9-11/h4-6,8-9,12H,3,7,10H2,1-2H3. The molecule has 0 aliphatic heterocycles. The van der Waals surface area contributed by atoms with Gasteiger partial charge in [-0.05, 0) is 12.0 Å². The zero-order valence-electron chi connectivity index (χ0n) is 9.40. The molecule has 0 amide bonds. The van der Waals surface area contributed by atoms with E-state index < -0.39 is 0 Å². The van der Waals surface area contributed by atoms with Crippen LogP contribution in [0.1, 0.15) is 31.2 Å². The van der Waals surface area contributed by atoms with Crippen LogP contribution in [-0.2, 0) is 9.53 Å². The molecule has 2 nitrogen and oxygen atoms in total. The van der Waals surface area contributed by atoms with Gasteiger partial charge in [0.2, 0.25) is 0 Å². The van der Waals surface area contributed by atoms with Gasteiger partial charge in [-0.25, -0.2) is 0 Å². The van der Waals surface area contributed by atoms with Crippen LogP contribution >= 0.6 is 0 Å². The first-order valence-electron chi connectivity index (χ1n) is 5.36. The van der Waals surface area contributed by atoms with Gasteiger partial charge in [-0.3, -0.25) is 4.79 Å². The third kappa shape index (κ3) is 3.48. The summed E-state index contributed by atoms with van der Waals surface area (Å²) in [6.45, 7) is 2.30. The number of ketones is 1. The molecule has 0 saturated carbocycles. The second-order valence-electron chi connectivity index (χ2n) is 3.65. The van der Waals surface area contributed by atoms with Crippen molar-refractivity contribution in [3.8, 4) is 0 Å². The summed E-state index contributed by atoms with van der Waals surface area (Å²) < 4.78 is 4.90. The van der Waals surface area contributed by atoms with Gasteiger partial charge in [0.15, 0.2) is 5.78 Å². The molecule has 0 heterocycles. The van der Waals surface area contributed by atoms with Gasteiger partial charge in [-0.1, -0.05) is 43.7 Å². The molecule has 1 unspecified atom stereocenters. The lowest BCUT2D eigenvalue weighted by Crippen LogP contribution is -2.17. The number of carbonyl (C=O) groups excluding carboxylic acids is 1. The van der Waals surface area contributed by atoms with Crippen LogP contribution in [0.4, 0.5) is 0 Å². The lowest BCUT2D eigenvalue weighted by atomic mass is 9.91. The predicted molar refractivity (Wildman–Crippen MR) is 61.0 cm³/mol. The monoisotopic (exact) mass is 206 g/mol. The molecule has 1 atom stereocenters. The minimum Gasteiger partial charge on any atom is -0.377 e. The molecule has 0 N–H and O–H groups in total. The highest BCUT2D eigenvalue weighted by Crippen LogP contribution is 2.22. The molecule has 0 spiro atoms. The van der Waals surface area contributed by atoms with Crippen molar-refractivity contribution in [3.05, 3.63) is 35.9 Å². The maximum atomic E-state index is 11.8. The van der Waals surface area contributed by atoms with E-state index in [4.69, 9.17) is 4.74 Å². The van der Waals surface area contributed by atoms with Crippen LogP contribution in [-0.4, -0.2) is 19.5 Å². The highest BCUT2D eigenvalue weighted by molar-refractivity contribution is 5.86. The largest absolute Gasteiger partial charge is 0.377 e. The minimum absolute atomic E-state index is 0.00356. The normalized spacial score (nSPS) is 12.4. The predicted octanol–water partition coefficient (Wildman–Crippen LogP) is 2.79. The van der Waals surface area contributed by atoms with Crippen LogP contribution < -0.4 is 0 Å². The molecule has 1 aromatic rings. The van der Waals surface area contributed by atoms with E-state index in [9.17, 15) is 4.79 Å². The van der Waals surface area contributed by atoms with Gasteiger partial charge in [0.25, 0.3) is 0 Å². The summed E-state index contributed by atoms with van der Waals surface area (Å²) in [5.74, 6) is 0.168. The Labute approximate surface area is 91.3 Å². The average Bonchev–Trinajstić information content (AvgIpc) is 2.27. The van der Waals surface area contributed by atoms with E-state index in [2.05, 4.69) is 6.92 Å². The molecule has 0 aromatic heterocycles. The number of hydrogen-bond donors (Lipinski definition) is 0. The Morgan fingerprint density at radius 3 is 2.53 bits per heavy atom. The molecule has 0 aliphatic carbocycles. The summed E-state index contributed by atoms with van der Waals surface area (Å²) in [6, 6.07) is 9.92. The Kier molecular flexibility index (Phi) is 5.05. The van der Waals surface area contributed by atoms with E-state index in [1.807, 2.05) is 30.3 Å². The Morgan fingerprint density at radius 1 is 1.33 bits per heavy atom. The summed E-state index contributed by atoms with van der Waals surface area (Å²) >= 11 is 0. The first-order valence-corrected chi connectivity index (χ1v) is 5.36. The Morgan fingerprint density at radius 2 is 2.00 bits per heavy atom. The smallest absolute Gasteiger partial charge is 0.165 e. The van der Waals surface area contributed by atoms with Crippen molar-refractivity contribution >= 4 is 5.78 Å². The first-order chi connectivity index (χ1) is 7.29. The number of ether oxygens (including phenoxy) is 1. The number of benzene rings is 1. The van der Waals surface area contributed by atoms with Crippen LogP contribution in [0.2, 0.25) is 0 Å². The molecule has 0 fully saturated rings. The molecular weight excluding hydrogens is 188 g/mol. The maximum absolute atomic E-state index is 11.8. The van der Waals surface area contributed by atoms with E-state index >= 15 is 0 Å². The Hall–Kier alpha value is -1.15. The number of carbonyl (C=O) groups is 1. The van der Waals surface area contributed by atoms with Crippen molar-refractivity contribution in [2.45, 2.75) is 25.7 Å². The second-order valence-corrected chi connectivity index (χ2v) is 3.65. The molecule has 2 heteroatoms. The topological polar surface area (TPSA) is 26.3 Å². The lowest BCUT2D eigenvalue weighted by molar-refractivity contribution is -0.124. The van der Waals surface area contributed by atoms with Gasteiger partial charge in [-0.15, -0.1) is 0 Å². The highest BCUT2D eigenvalue weighted by Gasteiger charge is 2.18. The van der Waals surface area contributed by atoms with Crippen molar-refractivity contribution in [1.29, 1.82) is 0 Å². The van der Waals surface area contributed by atoms with Gasteiger partial charge >= 0.3 is 0 Å². The highest BCUT2D eigenvalue weighted by atomic mass is 16.5. The Balaban J connectivity index is 2.78. The van der Waals surface area contributed by atoms with Gasteiger partial charge < -0.3 is 4.74 Å². The summed E-state index contributed by atoms with van der Waals surface area (Å²) in [4.78, 5) is 11.8. The van der Waals surface area contributed by atoms with Gasteiger partial charge in [-0.2, -0.15) is 0 Å². The summed E-state index contributed by atoms with van der Waals surface area (Å²) in [6.07, 6.45) is 1.90. The summed E-state index contributed by atoms with van der Waals surface area (Å²) in [7, 11) is 1.56. The lowest BCUT2D eigenvalue weighted by Gasteiger charge is -2.14. The van der Waals surface area contributed by atoms with Crippen molar-refractivity contribution in [1.82, 2.24) is 0 Å². The SMILES string of the molecule is CCCC(C(=O)COC)c1ccccc1. The summed E-state index contributed by atoms with van der Waals surface area (Å²) in [5.41, 5.74) is 1.10. The van der Waals surface area contributed by atoms with E-state index in [0.29, 0.717) is 0 Å². The molecule has 82 valence electrons. The van der Waals surface area contributed by atoms with Crippen LogP contribution in [0.3, 0.4) is 0 Å². The van der Waals surface area contributed by atoms with Crippen LogP contribution in [0.15, 0.2) is 30.3 Å². The minimum atomic E-state index is -0.00356. The number of methoxy groups -OCH3 is 1. The molecule has 15 heavy (non-hydrogen) atoms. The molecular formula is C13H18O2. The van der Waals surface area contributed by atoms with E-state index in [1.165, 1.54) is 0 Å². The maximum Gasteiger partial charge on any atom is 0.165 e. The van der Waals surface area contributed by atoms with E-state index in [1.54, 1.807) is 7.11 Å². The Bertz CT molecular complexity index is 293. The quantitative estimate of drug-likeness (QED) is 0.715. The molecule has 1 rings (SSSR count). The van der Waals surface area contributed by atoms with Crippen molar-refractivity contribution in [2.75, 3.05) is 13.7 Å². The third-order valence-corrected chi connectivity index (χ3v) is 2.45. The zero-order chi connectivity index (χ0) is 11.1. The molecule has 0 saturated heterocycles.